The van der Waals surface area contributed by atoms with E-state index in [1.165, 1.54) is 0 Å². The van der Waals surface area contributed by atoms with Gasteiger partial charge in [0.15, 0.2) is 0 Å². The summed E-state index contributed by atoms with van der Waals surface area (Å²) >= 11 is 0. The van der Waals surface area contributed by atoms with Crippen LogP contribution in [0.2, 0.25) is 0 Å². The van der Waals surface area contributed by atoms with Crippen LogP contribution < -0.4 is 11.2 Å². The molecule has 0 amide bonds. The Morgan fingerprint density at radius 3 is 2.89 bits per heavy atom. The Balaban J connectivity index is 2.74. The minimum atomic E-state index is -1.65. The lowest BCUT2D eigenvalue weighted by Crippen LogP contribution is -2.57. The summed E-state index contributed by atoms with van der Waals surface area (Å²) in [5, 5.41) is 11.4. The Hall–Kier alpha value is -1.14. The first-order valence-electron chi connectivity index (χ1n) is 2.15. The molecule has 50 valence electrons. The fraction of sp³-hybridized carbons (Fsp3) is 0.333. The summed E-state index contributed by atoms with van der Waals surface area (Å²) in [5.74, 6) is -1.23. The molecule has 1 unspecified atom stereocenters. The maximum atomic E-state index is 10.2. The fourth-order valence-corrected chi connectivity index (χ4v) is 0.337. The minimum absolute atomic E-state index is 0.968. The molecule has 0 saturated carbocycles. The Morgan fingerprint density at radius 2 is 2.67 bits per heavy atom. The van der Waals surface area contributed by atoms with Gasteiger partial charge in [-0.05, 0) is 0 Å². The summed E-state index contributed by atoms with van der Waals surface area (Å²) < 4.78 is 0. The number of hydrogen-bond acceptors (Lipinski definition) is 5. The molecule has 0 aromatic rings. The van der Waals surface area contributed by atoms with E-state index < -0.39 is 11.6 Å². The molecule has 4 N–H and O–H groups in total. The van der Waals surface area contributed by atoms with Crippen molar-refractivity contribution in [2.75, 3.05) is 0 Å². The van der Waals surface area contributed by atoms with Gasteiger partial charge in [0, 0.05) is 0 Å². The number of rotatable bonds is 1. The zero-order valence-corrected chi connectivity index (χ0v) is 4.37. The number of nitrogens with zero attached hydrogens (tertiary/aromatic N) is 1. The molecule has 6 heteroatoms. The second kappa shape index (κ2) is 1.67. The molecule has 9 heavy (non-hydrogen) atoms. The van der Waals surface area contributed by atoms with Crippen LogP contribution in [0.25, 0.3) is 0 Å². The van der Waals surface area contributed by atoms with Gasteiger partial charge in [-0.15, -0.1) is 0 Å². The van der Waals surface area contributed by atoms with Crippen LogP contribution >= 0.6 is 0 Å². The van der Waals surface area contributed by atoms with E-state index in [0.29, 0.717) is 0 Å². The van der Waals surface area contributed by atoms with Crippen molar-refractivity contribution < 1.29 is 14.8 Å². The van der Waals surface area contributed by atoms with Gasteiger partial charge in [-0.3, -0.25) is 10.7 Å². The molecule has 1 atom stereocenters. The van der Waals surface area contributed by atoms with E-state index in [-0.39, 0.29) is 0 Å². The van der Waals surface area contributed by atoms with Crippen molar-refractivity contribution in [2.24, 2.45) is 10.9 Å². The Kier molecular flexibility index (Phi) is 1.11. The Morgan fingerprint density at radius 1 is 2.00 bits per heavy atom. The highest BCUT2D eigenvalue weighted by Crippen LogP contribution is 1.97. The fourth-order valence-electron chi connectivity index (χ4n) is 0.337. The highest BCUT2D eigenvalue weighted by molar-refractivity contribution is 5.98. The number of aliphatic carboxylic acids is 1. The Labute approximate surface area is 50.2 Å². The normalized spacial score (nSPS) is 32.1. The van der Waals surface area contributed by atoms with Gasteiger partial charge in [0.25, 0.3) is 0 Å². The predicted molar refractivity (Wildman–Crippen MR) is 27.3 cm³/mol. The number of carboxylic acid groups (broad SMARTS) is 1. The average Bonchev–Trinajstić information content (AvgIpc) is 2.16. The lowest BCUT2D eigenvalue weighted by Gasteiger charge is -2.10. The predicted octanol–water partition coefficient (Wildman–Crippen LogP) is -1.75. The van der Waals surface area contributed by atoms with Gasteiger partial charge in [-0.1, -0.05) is 10.6 Å². The van der Waals surface area contributed by atoms with Gasteiger partial charge >= 0.3 is 5.97 Å². The second-order valence-electron chi connectivity index (χ2n) is 1.60. The first-order valence-corrected chi connectivity index (χ1v) is 2.15. The molecular weight excluding hydrogens is 126 g/mol. The quantitative estimate of drug-likeness (QED) is 0.392. The Bertz CT molecular complexity index is 168. The molecule has 1 heterocycles. The summed E-state index contributed by atoms with van der Waals surface area (Å²) in [5.41, 5.74) is 5.45. The van der Waals surface area contributed by atoms with Crippen molar-refractivity contribution >= 4 is 12.2 Å². The largest absolute Gasteiger partial charge is 0.478 e. The van der Waals surface area contributed by atoms with Gasteiger partial charge in [-0.2, -0.15) is 0 Å². The molecule has 0 aliphatic carbocycles. The average molecular weight is 131 g/mol. The number of hydrogen-bond donors (Lipinski definition) is 3. The van der Waals surface area contributed by atoms with E-state index in [0.717, 1.165) is 6.21 Å². The summed E-state index contributed by atoms with van der Waals surface area (Å²) in [7, 11) is 0. The zero-order chi connectivity index (χ0) is 6.91. The molecule has 0 bridgehead atoms. The maximum Gasteiger partial charge on any atom is 0.347 e. The minimum Gasteiger partial charge on any atom is -0.478 e. The maximum absolute atomic E-state index is 10.2. The van der Waals surface area contributed by atoms with Crippen molar-refractivity contribution in [2.45, 2.75) is 5.66 Å². The first kappa shape index (κ1) is 5.99. The number of carboxylic acids is 1. The van der Waals surface area contributed by atoms with Crippen LogP contribution in [0.1, 0.15) is 0 Å². The van der Waals surface area contributed by atoms with E-state index in [1.807, 2.05) is 5.48 Å². The van der Waals surface area contributed by atoms with Crippen LogP contribution in [0, 0.1) is 0 Å². The molecule has 0 spiro atoms. The van der Waals surface area contributed by atoms with E-state index in [1.54, 1.807) is 0 Å². The smallest absolute Gasteiger partial charge is 0.347 e. The van der Waals surface area contributed by atoms with E-state index in [4.69, 9.17) is 10.8 Å². The third-order valence-corrected chi connectivity index (χ3v) is 0.877. The second-order valence-corrected chi connectivity index (χ2v) is 1.60. The highest BCUT2D eigenvalue weighted by Gasteiger charge is 2.36. The summed E-state index contributed by atoms with van der Waals surface area (Å²) in [6.45, 7) is 0. The summed E-state index contributed by atoms with van der Waals surface area (Å²) in [6, 6.07) is 0. The van der Waals surface area contributed by atoms with E-state index in [9.17, 15) is 4.79 Å². The highest BCUT2D eigenvalue weighted by atomic mass is 16.8. The molecule has 0 aromatic carbocycles. The number of nitrogens with one attached hydrogen (secondary N) is 1. The molecule has 1 aliphatic rings. The lowest BCUT2D eigenvalue weighted by molar-refractivity contribution is -0.145. The third-order valence-electron chi connectivity index (χ3n) is 0.877. The van der Waals surface area contributed by atoms with Crippen LogP contribution in [-0.4, -0.2) is 23.0 Å². The molecule has 0 aromatic heterocycles. The molecule has 0 saturated heterocycles. The number of carbonyl (C=O) groups is 1. The summed E-state index contributed by atoms with van der Waals surface area (Å²) in [4.78, 5) is 14.3. The van der Waals surface area contributed by atoms with Crippen LogP contribution in [-0.2, 0) is 9.73 Å². The van der Waals surface area contributed by atoms with Gasteiger partial charge in [0.2, 0.25) is 5.66 Å². The topological polar surface area (TPSA) is 96.9 Å². The SMILES string of the molecule is NC1(C(=O)O)C=NON1. The lowest BCUT2D eigenvalue weighted by atomic mass is 10.2. The molecule has 0 radical (unpaired) electrons. The van der Waals surface area contributed by atoms with Gasteiger partial charge in [0.05, 0.1) is 6.21 Å². The molecule has 6 nitrogen and oxygen atoms in total. The van der Waals surface area contributed by atoms with E-state index >= 15 is 0 Å². The van der Waals surface area contributed by atoms with Gasteiger partial charge in [-0.25, -0.2) is 4.79 Å². The van der Waals surface area contributed by atoms with Crippen LogP contribution in [0.15, 0.2) is 5.16 Å². The van der Waals surface area contributed by atoms with E-state index in [2.05, 4.69) is 10.1 Å². The van der Waals surface area contributed by atoms with Gasteiger partial charge in [0.1, 0.15) is 0 Å². The van der Waals surface area contributed by atoms with Gasteiger partial charge < -0.3 is 5.11 Å². The molecule has 1 rings (SSSR count). The summed E-state index contributed by atoms with van der Waals surface area (Å²) in [6.07, 6.45) is 0.968. The van der Waals surface area contributed by atoms with Crippen LogP contribution in [0.3, 0.4) is 0 Å². The number of oxime groups is 1. The number of nitrogens with two attached hydrogens (primary N) is 1. The first-order chi connectivity index (χ1) is 4.15. The van der Waals surface area contributed by atoms with Crippen molar-refractivity contribution in [3.8, 4) is 0 Å². The molecule has 1 aliphatic heterocycles. The van der Waals surface area contributed by atoms with Crippen LogP contribution in [0.4, 0.5) is 0 Å². The number of hydroxylamine groups is 1. The zero-order valence-electron chi connectivity index (χ0n) is 4.37. The van der Waals surface area contributed by atoms with Crippen molar-refractivity contribution in [1.29, 1.82) is 0 Å². The standard InChI is InChI=1S/C3H5N3O3/c4-3(2(7)8)1-5-9-6-3/h1,6H,4H2,(H,7,8). The third kappa shape index (κ3) is 0.843. The van der Waals surface area contributed by atoms with Crippen LogP contribution in [0.5, 0.6) is 0 Å². The van der Waals surface area contributed by atoms with Crippen molar-refractivity contribution in [3.05, 3.63) is 0 Å². The molecular formula is C3H5N3O3. The molecule has 0 fully saturated rings. The van der Waals surface area contributed by atoms with Crippen molar-refractivity contribution in [1.82, 2.24) is 5.48 Å². The van der Waals surface area contributed by atoms with Crippen molar-refractivity contribution in [3.63, 3.8) is 0 Å². The monoisotopic (exact) mass is 131 g/mol.